The molecule has 1 heterocycles. The summed E-state index contributed by atoms with van der Waals surface area (Å²) in [7, 11) is 0. The Labute approximate surface area is 147 Å². The summed E-state index contributed by atoms with van der Waals surface area (Å²) in [6, 6.07) is 13.6. The predicted molar refractivity (Wildman–Crippen MR) is 99.6 cm³/mol. The van der Waals surface area contributed by atoms with Gasteiger partial charge in [0.25, 0.3) is 0 Å². The van der Waals surface area contributed by atoms with Crippen LogP contribution < -0.4 is 5.32 Å². The van der Waals surface area contributed by atoms with E-state index in [9.17, 15) is 9.59 Å². The number of rotatable bonds is 6. The Morgan fingerprint density at radius 2 is 1.80 bits per heavy atom. The van der Waals surface area contributed by atoms with Gasteiger partial charge in [0, 0.05) is 42.0 Å². The minimum atomic E-state index is -0.109. The van der Waals surface area contributed by atoms with Crippen molar-refractivity contribution in [2.24, 2.45) is 0 Å². The van der Waals surface area contributed by atoms with Gasteiger partial charge in [0.15, 0.2) is 5.78 Å². The molecule has 0 aliphatic carbocycles. The lowest BCUT2D eigenvalue weighted by Crippen LogP contribution is -2.23. The maximum absolute atomic E-state index is 12.2. The summed E-state index contributed by atoms with van der Waals surface area (Å²) < 4.78 is 0. The van der Waals surface area contributed by atoms with E-state index >= 15 is 0 Å². The third-order valence-electron chi connectivity index (χ3n) is 4.56. The van der Waals surface area contributed by atoms with Gasteiger partial charge in [-0.3, -0.25) is 9.59 Å². The van der Waals surface area contributed by atoms with Crippen molar-refractivity contribution in [1.29, 1.82) is 0 Å². The van der Waals surface area contributed by atoms with Crippen molar-refractivity contribution in [2.75, 3.05) is 0 Å². The molecule has 2 aromatic carbocycles. The first kappa shape index (κ1) is 17.0. The fraction of sp³-hybridized carbons (Fsp3) is 0.238. The third kappa shape index (κ3) is 3.97. The Bertz CT molecular complexity index is 925. The molecule has 1 aromatic heterocycles. The second-order valence-corrected chi connectivity index (χ2v) is 6.36. The number of H-pyrrole nitrogens is 1. The molecule has 25 heavy (non-hydrogen) atoms. The summed E-state index contributed by atoms with van der Waals surface area (Å²) in [5.74, 6) is -0.104. The van der Waals surface area contributed by atoms with Crippen LogP contribution in [0.1, 0.15) is 39.9 Å². The van der Waals surface area contributed by atoms with E-state index in [4.69, 9.17) is 0 Å². The van der Waals surface area contributed by atoms with Gasteiger partial charge in [-0.25, -0.2) is 0 Å². The van der Waals surface area contributed by atoms with E-state index in [0.717, 1.165) is 27.6 Å². The molecule has 3 aromatic rings. The molecule has 0 saturated heterocycles. The highest BCUT2D eigenvalue weighted by molar-refractivity contribution is 5.98. The van der Waals surface area contributed by atoms with E-state index in [1.165, 1.54) is 0 Å². The largest absolute Gasteiger partial charge is 0.361 e. The summed E-state index contributed by atoms with van der Waals surface area (Å²) in [4.78, 5) is 27.5. The number of aromatic nitrogens is 1. The lowest BCUT2D eigenvalue weighted by atomic mass is 10.0. The molecule has 4 nitrogen and oxygen atoms in total. The van der Waals surface area contributed by atoms with Crippen LogP contribution in [-0.4, -0.2) is 16.7 Å². The van der Waals surface area contributed by atoms with E-state index in [1.807, 2.05) is 62.5 Å². The molecule has 0 fully saturated rings. The number of aryl methyl sites for hydroxylation is 2. The minimum absolute atomic E-state index is 0.00495. The summed E-state index contributed by atoms with van der Waals surface area (Å²) in [5, 5.41) is 4.00. The van der Waals surface area contributed by atoms with Crippen molar-refractivity contribution in [3.05, 3.63) is 70.9 Å². The normalized spacial score (nSPS) is 10.8. The Morgan fingerprint density at radius 3 is 2.60 bits per heavy atom. The number of ketones is 1. The molecule has 0 bridgehead atoms. The van der Waals surface area contributed by atoms with Crippen LogP contribution in [0, 0.1) is 13.8 Å². The smallest absolute Gasteiger partial charge is 0.220 e. The van der Waals surface area contributed by atoms with E-state index in [-0.39, 0.29) is 24.5 Å². The molecule has 0 unspecified atom stereocenters. The average molecular weight is 334 g/mol. The first-order chi connectivity index (χ1) is 12.0. The van der Waals surface area contributed by atoms with Gasteiger partial charge in [-0.05, 0) is 42.7 Å². The number of benzene rings is 2. The fourth-order valence-electron chi connectivity index (χ4n) is 2.85. The Balaban J connectivity index is 1.52. The second-order valence-electron chi connectivity index (χ2n) is 6.36. The Hall–Kier alpha value is -2.88. The molecule has 4 heteroatoms. The van der Waals surface area contributed by atoms with E-state index < -0.39 is 0 Å². The number of nitrogens with one attached hydrogen (secondary N) is 2. The van der Waals surface area contributed by atoms with Gasteiger partial charge in [0.1, 0.15) is 0 Å². The molecular weight excluding hydrogens is 312 g/mol. The standard InChI is InChI=1S/C21H22N2O2/c1-14-7-8-16(11-15(14)2)20(24)9-10-21(25)23-13-17-12-22-19-6-4-3-5-18(17)19/h3-8,11-12,22H,9-10,13H2,1-2H3,(H,23,25). The predicted octanol–water partition coefficient (Wildman–Crippen LogP) is 4.06. The zero-order valence-corrected chi connectivity index (χ0v) is 14.6. The van der Waals surface area contributed by atoms with E-state index in [2.05, 4.69) is 10.3 Å². The zero-order chi connectivity index (χ0) is 17.8. The van der Waals surface area contributed by atoms with Crippen molar-refractivity contribution < 1.29 is 9.59 Å². The molecule has 0 aliphatic heterocycles. The maximum Gasteiger partial charge on any atom is 0.220 e. The summed E-state index contributed by atoms with van der Waals surface area (Å²) >= 11 is 0. The van der Waals surface area contributed by atoms with E-state index in [1.54, 1.807) is 0 Å². The van der Waals surface area contributed by atoms with Crippen LogP contribution in [0.15, 0.2) is 48.7 Å². The van der Waals surface area contributed by atoms with Crippen LogP contribution in [0.3, 0.4) is 0 Å². The number of fused-ring (bicyclic) bond motifs is 1. The molecule has 128 valence electrons. The summed E-state index contributed by atoms with van der Waals surface area (Å²) in [6.07, 6.45) is 2.33. The van der Waals surface area contributed by atoms with Gasteiger partial charge in [0.2, 0.25) is 5.91 Å². The first-order valence-electron chi connectivity index (χ1n) is 8.47. The van der Waals surface area contributed by atoms with Crippen LogP contribution in [0.4, 0.5) is 0 Å². The fourth-order valence-corrected chi connectivity index (χ4v) is 2.85. The highest BCUT2D eigenvalue weighted by Crippen LogP contribution is 2.17. The SMILES string of the molecule is Cc1ccc(C(=O)CCC(=O)NCc2c[nH]c3ccccc23)cc1C. The van der Waals surface area contributed by atoms with Gasteiger partial charge < -0.3 is 10.3 Å². The highest BCUT2D eigenvalue weighted by Gasteiger charge is 2.11. The molecule has 0 radical (unpaired) electrons. The van der Waals surface area contributed by atoms with Crippen LogP contribution in [0.5, 0.6) is 0 Å². The highest BCUT2D eigenvalue weighted by atomic mass is 16.2. The number of carbonyl (C=O) groups is 2. The van der Waals surface area contributed by atoms with Crippen molar-refractivity contribution in [2.45, 2.75) is 33.2 Å². The quantitative estimate of drug-likeness (QED) is 0.668. The van der Waals surface area contributed by atoms with Crippen molar-refractivity contribution in [3.8, 4) is 0 Å². The first-order valence-corrected chi connectivity index (χ1v) is 8.47. The lowest BCUT2D eigenvalue weighted by molar-refractivity contribution is -0.121. The number of amides is 1. The van der Waals surface area contributed by atoms with Gasteiger partial charge in [-0.1, -0.05) is 30.3 Å². The Morgan fingerprint density at radius 1 is 1.00 bits per heavy atom. The average Bonchev–Trinajstić information content (AvgIpc) is 3.03. The topological polar surface area (TPSA) is 62.0 Å². The van der Waals surface area contributed by atoms with Crippen LogP contribution in [0.25, 0.3) is 10.9 Å². The van der Waals surface area contributed by atoms with Crippen LogP contribution in [0.2, 0.25) is 0 Å². The number of hydrogen-bond acceptors (Lipinski definition) is 2. The van der Waals surface area contributed by atoms with Gasteiger partial charge in [-0.2, -0.15) is 0 Å². The van der Waals surface area contributed by atoms with Crippen LogP contribution >= 0.6 is 0 Å². The lowest BCUT2D eigenvalue weighted by Gasteiger charge is -2.06. The van der Waals surface area contributed by atoms with E-state index in [0.29, 0.717) is 12.1 Å². The third-order valence-corrected chi connectivity index (χ3v) is 4.56. The number of carbonyl (C=O) groups excluding carboxylic acids is 2. The summed E-state index contributed by atoms with van der Waals surface area (Å²) in [6.45, 7) is 4.46. The van der Waals surface area contributed by atoms with Gasteiger partial charge in [0.05, 0.1) is 0 Å². The molecule has 0 atom stereocenters. The Kier molecular flexibility index (Phi) is 4.98. The number of para-hydroxylation sites is 1. The number of Topliss-reactive ketones (excluding diaryl/α,β-unsaturated/α-hetero) is 1. The molecule has 0 saturated carbocycles. The monoisotopic (exact) mass is 334 g/mol. The molecule has 3 rings (SSSR count). The van der Waals surface area contributed by atoms with Crippen LogP contribution in [-0.2, 0) is 11.3 Å². The molecule has 2 N–H and O–H groups in total. The molecule has 0 spiro atoms. The van der Waals surface area contributed by atoms with Gasteiger partial charge >= 0.3 is 0 Å². The van der Waals surface area contributed by atoms with Crippen molar-refractivity contribution in [1.82, 2.24) is 10.3 Å². The number of hydrogen-bond donors (Lipinski definition) is 2. The zero-order valence-electron chi connectivity index (χ0n) is 14.6. The summed E-state index contributed by atoms with van der Waals surface area (Å²) in [5.41, 5.74) is 5.02. The molecular formula is C21H22N2O2. The van der Waals surface area contributed by atoms with Crippen molar-refractivity contribution >= 4 is 22.6 Å². The number of aromatic amines is 1. The van der Waals surface area contributed by atoms with Gasteiger partial charge in [-0.15, -0.1) is 0 Å². The molecule has 0 aliphatic rings. The maximum atomic E-state index is 12.2. The van der Waals surface area contributed by atoms with Crippen molar-refractivity contribution in [3.63, 3.8) is 0 Å². The minimum Gasteiger partial charge on any atom is -0.361 e. The second kappa shape index (κ2) is 7.34. The molecule has 1 amide bonds.